The summed E-state index contributed by atoms with van der Waals surface area (Å²) in [5.41, 5.74) is 1.37. The average Bonchev–Trinajstić information content (AvgIpc) is 2.47. The number of amides is 1. The van der Waals surface area contributed by atoms with Crippen LogP contribution in [0, 0.1) is 0 Å². The molecule has 0 saturated carbocycles. The SMILES string of the molecule is C/C=C(/C)CCN1CCCC1=O. The molecule has 2 nitrogen and oxygen atoms in total. The van der Waals surface area contributed by atoms with E-state index in [0.717, 1.165) is 32.4 Å². The van der Waals surface area contributed by atoms with Gasteiger partial charge in [-0.2, -0.15) is 0 Å². The van der Waals surface area contributed by atoms with Crippen molar-refractivity contribution in [2.45, 2.75) is 33.1 Å². The van der Waals surface area contributed by atoms with Gasteiger partial charge < -0.3 is 4.90 Å². The highest BCUT2D eigenvalue weighted by Gasteiger charge is 2.18. The van der Waals surface area contributed by atoms with E-state index >= 15 is 0 Å². The van der Waals surface area contributed by atoms with Crippen molar-refractivity contribution in [3.05, 3.63) is 11.6 Å². The zero-order chi connectivity index (χ0) is 8.97. The molecule has 1 rings (SSSR count). The van der Waals surface area contributed by atoms with E-state index in [4.69, 9.17) is 0 Å². The number of hydrogen-bond acceptors (Lipinski definition) is 1. The maximum absolute atomic E-state index is 11.2. The summed E-state index contributed by atoms with van der Waals surface area (Å²) in [6.45, 7) is 6.03. The van der Waals surface area contributed by atoms with E-state index in [0.29, 0.717) is 5.91 Å². The van der Waals surface area contributed by atoms with Gasteiger partial charge in [-0.25, -0.2) is 0 Å². The van der Waals surface area contributed by atoms with Crippen molar-refractivity contribution < 1.29 is 4.79 Å². The summed E-state index contributed by atoms with van der Waals surface area (Å²) >= 11 is 0. The molecule has 12 heavy (non-hydrogen) atoms. The highest BCUT2D eigenvalue weighted by Crippen LogP contribution is 2.11. The Morgan fingerprint density at radius 2 is 2.42 bits per heavy atom. The third kappa shape index (κ3) is 2.36. The number of carbonyl (C=O) groups excluding carboxylic acids is 1. The Morgan fingerprint density at radius 3 is 2.92 bits per heavy atom. The maximum Gasteiger partial charge on any atom is 0.222 e. The first-order chi connectivity index (χ1) is 5.74. The van der Waals surface area contributed by atoms with E-state index in [1.54, 1.807) is 0 Å². The minimum atomic E-state index is 0.332. The molecule has 1 saturated heterocycles. The highest BCUT2D eigenvalue weighted by molar-refractivity contribution is 5.78. The van der Waals surface area contributed by atoms with Crippen LogP contribution in [-0.4, -0.2) is 23.9 Å². The fourth-order valence-electron chi connectivity index (χ4n) is 1.40. The summed E-state index contributed by atoms with van der Waals surface area (Å²) in [6, 6.07) is 0. The lowest BCUT2D eigenvalue weighted by Crippen LogP contribution is -2.25. The normalized spacial score (nSPS) is 19.0. The largest absolute Gasteiger partial charge is 0.342 e. The minimum Gasteiger partial charge on any atom is -0.342 e. The molecule has 1 fully saturated rings. The molecule has 0 aliphatic carbocycles. The zero-order valence-electron chi connectivity index (χ0n) is 7.97. The van der Waals surface area contributed by atoms with E-state index in [-0.39, 0.29) is 0 Å². The van der Waals surface area contributed by atoms with Gasteiger partial charge >= 0.3 is 0 Å². The molecule has 2 heteroatoms. The summed E-state index contributed by atoms with van der Waals surface area (Å²) in [6.07, 6.45) is 4.95. The second kappa shape index (κ2) is 4.29. The Morgan fingerprint density at radius 1 is 1.67 bits per heavy atom. The van der Waals surface area contributed by atoms with Crippen molar-refractivity contribution in [2.24, 2.45) is 0 Å². The lowest BCUT2D eigenvalue weighted by Gasteiger charge is -2.14. The predicted octanol–water partition coefficient (Wildman–Crippen LogP) is 1.97. The van der Waals surface area contributed by atoms with Crippen LogP contribution in [0.3, 0.4) is 0 Å². The molecule has 1 heterocycles. The Hall–Kier alpha value is -0.790. The van der Waals surface area contributed by atoms with Crippen molar-refractivity contribution in [3.8, 4) is 0 Å². The van der Waals surface area contributed by atoms with Gasteiger partial charge in [0.15, 0.2) is 0 Å². The molecule has 0 radical (unpaired) electrons. The Bertz CT molecular complexity index is 196. The van der Waals surface area contributed by atoms with Crippen molar-refractivity contribution in [1.29, 1.82) is 0 Å². The zero-order valence-corrected chi connectivity index (χ0v) is 7.97. The fourth-order valence-corrected chi connectivity index (χ4v) is 1.40. The smallest absolute Gasteiger partial charge is 0.222 e. The highest BCUT2D eigenvalue weighted by atomic mass is 16.2. The Labute approximate surface area is 74.2 Å². The first-order valence-electron chi connectivity index (χ1n) is 4.63. The van der Waals surface area contributed by atoms with Gasteiger partial charge in [0.1, 0.15) is 0 Å². The van der Waals surface area contributed by atoms with Crippen LogP contribution in [0.2, 0.25) is 0 Å². The van der Waals surface area contributed by atoms with Gasteiger partial charge in [0.25, 0.3) is 0 Å². The molecule has 0 aromatic heterocycles. The molecule has 0 spiro atoms. The van der Waals surface area contributed by atoms with Gasteiger partial charge in [0.05, 0.1) is 0 Å². The predicted molar refractivity (Wildman–Crippen MR) is 49.9 cm³/mol. The molecular formula is C10H17NO. The first kappa shape index (κ1) is 9.30. The number of allylic oxidation sites excluding steroid dienone is 1. The van der Waals surface area contributed by atoms with Gasteiger partial charge in [0, 0.05) is 19.5 Å². The van der Waals surface area contributed by atoms with Crippen molar-refractivity contribution in [2.75, 3.05) is 13.1 Å². The van der Waals surface area contributed by atoms with Gasteiger partial charge in [-0.05, 0) is 26.7 Å². The molecule has 0 aromatic rings. The molecule has 1 aliphatic heterocycles. The fraction of sp³-hybridized carbons (Fsp3) is 0.700. The third-order valence-electron chi connectivity index (χ3n) is 2.44. The molecule has 68 valence electrons. The van der Waals surface area contributed by atoms with E-state index in [1.165, 1.54) is 5.57 Å². The molecule has 1 amide bonds. The number of nitrogens with zero attached hydrogens (tertiary/aromatic N) is 1. The third-order valence-corrected chi connectivity index (χ3v) is 2.44. The summed E-state index contributed by atoms with van der Waals surface area (Å²) in [5.74, 6) is 0.332. The van der Waals surface area contributed by atoms with Gasteiger partial charge in [-0.15, -0.1) is 0 Å². The summed E-state index contributed by atoms with van der Waals surface area (Å²) in [4.78, 5) is 13.1. The molecule has 0 N–H and O–H groups in total. The van der Waals surface area contributed by atoms with Crippen molar-refractivity contribution >= 4 is 5.91 Å². The summed E-state index contributed by atoms with van der Waals surface area (Å²) < 4.78 is 0. The Balaban J connectivity index is 2.27. The summed E-state index contributed by atoms with van der Waals surface area (Å²) in [7, 11) is 0. The van der Waals surface area contributed by atoms with Gasteiger partial charge in [0.2, 0.25) is 5.91 Å². The molecule has 0 aromatic carbocycles. The maximum atomic E-state index is 11.2. The molecule has 0 bridgehead atoms. The second-order valence-electron chi connectivity index (χ2n) is 3.37. The first-order valence-corrected chi connectivity index (χ1v) is 4.63. The number of rotatable bonds is 3. The molecule has 1 aliphatic rings. The standard InChI is InChI=1S/C10H17NO/c1-3-9(2)6-8-11-7-4-5-10(11)12/h3H,4-8H2,1-2H3/b9-3-. The van der Waals surface area contributed by atoms with Crippen LogP contribution in [0.4, 0.5) is 0 Å². The topological polar surface area (TPSA) is 20.3 Å². The van der Waals surface area contributed by atoms with Crippen LogP contribution in [0.5, 0.6) is 0 Å². The average molecular weight is 167 g/mol. The van der Waals surface area contributed by atoms with Crippen molar-refractivity contribution in [3.63, 3.8) is 0 Å². The van der Waals surface area contributed by atoms with E-state index in [9.17, 15) is 4.79 Å². The summed E-state index contributed by atoms with van der Waals surface area (Å²) in [5, 5.41) is 0. The lowest BCUT2D eigenvalue weighted by molar-refractivity contribution is -0.127. The quantitative estimate of drug-likeness (QED) is 0.588. The Kier molecular flexibility index (Phi) is 3.32. The van der Waals surface area contributed by atoms with Crippen molar-refractivity contribution in [1.82, 2.24) is 4.90 Å². The van der Waals surface area contributed by atoms with Crippen LogP contribution in [0.25, 0.3) is 0 Å². The van der Waals surface area contributed by atoms with E-state index < -0.39 is 0 Å². The number of likely N-dealkylation sites (tertiary alicyclic amines) is 1. The second-order valence-corrected chi connectivity index (χ2v) is 3.37. The van der Waals surface area contributed by atoms with Crippen LogP contribution in [0.15, 0.2) is 11.6 Å². The van der Waals surface area contributed by atoms with Crippen LogP contribution in [0.1, 0.15) is 33.1 Å². The minimum absolute atomic E-state index is 0.332. The van der Waals surface area contributed by atoms with Gasteiger partial charge in [-0.1, -0.05) is 11.6 Å². The van der Waals surface area contributed by atoms with Crippen LogP contribution in [-0.2, 0) is 4.79 Å². The molecule has 0 unspecified atom stereocenters. The lowest BCUT2D eigenvalue weighted by atomic mass is 10.2. The van der Waals surface area contributed by atoms with Crippen LogP contribution >= 0.6 is 0 Å². The number of carbonyl (C=O) groups is 1. The van der Waals surface area contributed by atoms with E-state index in [1.807, 2.05) is 11.8 Å². The van der Waals surface area contributed by atoms with E-state index in [2.05, 4.69) is 13.0 Å². The molecular weight excluding hydrogens is 150 g/mol. The monoisotopic (exact) mass is 167 g/mol. The number of hydrogen-bond donors (Lipinski definition) is 0. The van der Waals surface area contributed by atoms with Gasteiger partial charge in [-0.3, -0.25) is 4.79 Å². The van der Waals surface area contributed by atoms with Crippen LogP contribution < -0.4 is 0 Å². The molecule has 0 atom stereocenters.